The van der Waals surface area contributed by atoms with Gasteiger partial charge < -0.3 is 5.73 Å². The van der Waals surface area contributed by atoms with Crippen molar-refractivity contribution in [2.24, 2.45) is 5.73 Å². The summed E-state index contributed by atoms with van der Waals surface area (Å²) in [6.45, 7) is 0.906. The van der Waals surface area contributed by atoms with Crippen LogP contribution in [-0.4, -0.2) is 36.8 Å². The van der Waals surface area contributed by atoms with Crippen LogP contribution in [0.2, 0.25) is 0 Å². The van der Waals surface area contributed by atoms with E-state index in [2.05, 4.69) is 4.98 Å². The molecule has 0 amide bonds. The lowest BCUT2D eigenvalue weighted by atomic mass is 10.2. The lowest BCUT2D eigenvalue weighted by molar-refractivity contribution is 0.393. The topological polar surface area (TPSA) is 76.3 Å². The number of pyridine rings is 1. The first-order chi connectivity index (χ1) is 9.64. The van der Waals surface area contributed by atoms with Crippen molar-refractivity contribution in [3.05, 3.63) is 36.5 Å². The van der Waals surface area contributed by atoms with Gasteiger partial charge in [-0.05, 0) is 37.1 Å². The minimum absolute atomic E-state index is 0.0908. The van der Waals surface area contributed by atoms with Gasteiger partial charge in [-0.2, -0.15) is 4.31 Å². The number of aromatic nitrogens is 1. The van der Waals surface area contributed by atoms with Crippen molar-refractivity contribution in [1.29, 1.82) is 0 Å². The van der Waals surface area contributed by atoms with E-state index in [-0.39, 0.29) is 6.04 Å². The van der Waals surface area contributed by atoms with E-state index in [4.69, 9.17) is 5.73 Å². The summed E-state index contributed by atoms with van der Waals surface area (Å²) in [7, 11) is -3.51. The summed E-state index contributed by atoms with van der Waals surface area (Å²) in [6.07, 6.45) is 3.36. The number of fused-ring (bicyclic) bond motifs is 1. The average molecular weight is 291 g/mol. The second kappa shape index (κ2) is 5.12. The minimum atomic E-state index is -3.51. The van der Waals surface area contributed by atoms with Gasteiger partial charge in [0.2, 0.25) is 10.0 Å². The van der Waals surface area contributed by atoms with Crippen LogP contribution < -0.4 is 5.73 Å². The molecule has 0 spiro atoms. The van der Waals surface area contributed by atoms with Crippen LogP contribution in [0.5, 0.6) is 0 Å². The fraction of sp³-hybridized carbons (Fsp3) is 0.357. The third kappa shape index (κ3) is 2.09. The predicted octanol–water partition coefficient (Wildman–Crippen LogP) is 1.35. The molecule has 0 radical (unpaired) electrons. The van der Waals surface area contributed by atoms with Gasteiger partial charge in [0, 0.05) is 30.7 Å². The quantitative estimate of drug-likeness (QED) is 0.926. The molecule has 0 aliphatic carbocycles. The van der Waals surface area contributed by atoms with Crippen molar-refractivity contribution in [2.45, 2.75) is 23.8 Å². The zero-order valence-electron chi connectivity index (χ0n) is 11.1. The molecule has 1 aromatic carbocycles. The summed E-state index contributed by atoms with van der Waals surface area (Å²) < 4.78 is 27.3. The van der Waals surface area contributed by atoms with Gasteiger partial charge in [0.25, 0.3) is 0 Å². The van der Waals surface area contributed by atoms with Gasteiger partial charge >= 0.3 is 0 Å². The van der Waals surface area contributed by atoms with Crippen molar-refractivity contribution in [1.82, 2.24) is 9.29 Å². The molecule has 3 rings (SSSR count). The van der Waals surface area contributed by atoms with Gasteiger partial charge in [0.15, 0.2) is 0 Å². The van der Waals surface area contributed by atoms with Gasteiger partial charge in [-0.15, -0.1) is 0 Å². The number of hydrogen-bond acceptors (Lipinski definition) is 4. The van der Waals surface area contributed by atoms with Gasteiger partial charge in [-0.3, -0.25) is 4.98 Å². The Hall–Kier alpha value is -1.50. The standard InChI is InChI=1S/C14H17N3O2S/c15-10-11-4-3-9-17(11)20(18,19)14-7-1-6-13-12(14)5-2-8-16-13/h1-2,5-8,11H,3-4,9-10,15H2/t11-/m1/s1. The smallest absolute Gasteiger partial charge is 0.244 e. The minimum Gasteiger partial charge on any atom is -0.329 e. The highest BCUT2D eigenvalue weighted by atomic mass is 32.2. The van der Waals surface area contributed by atoms with Gasteiger partial charge in [-0.1, -0.05) is 6.07 Å². The van der Waals surface area contributed by atoms with Gasteiger partial charge in [0.1, 0.15) is 0 Å². The van der Waals surface area contributed by atoms with Crippen molar-refractivity contribution in [3.8, 4) is 0 Å². The lowest BCUT2D eigenvalue weighted by Crippen LogP contribution is -2.39. The normalized spacial score (nSPS) is 20.6. The van der Waals surface area contributed by atoms with Crippen LogP contribution in [0.1, 0.15) is 12.8 Å². The largest absolute Gasteiger partial charge is 0.329 e. The van der Waals surface area contributed by atoms with Gasteiger partial charge in [0.05, 0.1) is 10.4 Å². The maximum Gasteiger partial charge on any atom is 0.244 e. The first kappa shape index (κ1) is 13.5. The van der Waals surface area contributed by atoms with E-state index in [1.165, 1.54) is 4.31 Å². The van der Waals surface area contributed by atoms with E-state index in [1.54, 1.807) is 30.5 Å². The monoisotopic (exact) mass is 291 g/mol. The van der Waals surface area contributed by atoms with Crippen molar-refractivity contribution >= 4 is 20.9 Å². The summed E-state index contributed by atoms with van der Waals surface area (Å²) >= 11 is 0. The van der Waals surface area contributed by atoms with Crippen LogP contribution in [0, 0.1) is 0 Å². The SMILES string of the molecule is NC[C@H]1CCCN1S(=O)(=O)c1cccc2ncccc12. The van der Waals surface area contributed by atoms with Crippen molar-refractivity contribution in [2.75, 3.05) is 13.1 Å². The highest BCUT2D eigenvalue weighted by Crippen LogP contribution is 2.29. The van der Waals surface area contributed by atoms with Crippen LogP contribution in [-0.2, 0) is 10.0 Å². The first-order valence-corrected chi connectivity index (χ1v) is 8.14. The molecule has 20 heavy (non-hydrogen) atoms. The molecule has 1 saturated heterocycles. The first-order valence-electron chi connectivity index (χ1n) is 6.70. The van der Waals surface area contributed by atoms with Crippen LogP contribution in [0.3, 0.4) is 0 Å². The molecule has 106 valence electrons. The van der Waals surface area contributed by atoms with Crippen molar-refractivity contribution in [3.63, 3.8) is 0 Å². The molecule has 1 fully saturated rings. The molecule has 2 heterocycles. The Labute approximate surface area is 118 Å². The summed E-state index contributed by atoms with van der Waals surface area (Å²) in [6, 6.07) is 8.65. The fourth-order valence-electron chi connectivity index (χ4n) is 2.79. The number of hydrogen-bond donors (Lipinski definition) is 1. The summed E-state index contributed by atoms with van der Waals surface area (Å²) in [5, 5.41) is 0.665. The van der Waals surface area contributed by atoms with Crippen LogP contribution in [0.25, 0.3) is 10.9 Å². The maximum absolute atomic E-state index is 12.9. The molecule has 2 aromatic rings. The lowest BCUT2D eigenvalue weighted by Gasteiger charge is -2.23. The number of nitrogens with zero attached hydrogens (tertiary/aromatic N) is 2. The number of sulfonamides is 1. The molecule has 6 heteroatoms. The predicted molar refractivity (Wildman–Crippen MR) is 77.7 cm³/mol. The Kier molecular flexibility index (Phi) is 3.45. The molecule has 0 unspecified atom stereocenters. The highest BCUT2D eigenvalue weighted by Gasteiger charge is 2.35. The zero-order chi connectivity index (χ0) is 14.2. The van der Waals surface area contributed by atoms with E-state index < -0.39 is 10.0 Å². The van der Waals surface area contributed by atoms with Crippen LogP contribution in [0.4, 0.5) is 0 Å². The molecule has 0 bridgehead atoms. The second-order valence-corrected chi connectivity index (χ2v) is 6.83. The molecule has 1 aliphatic heterocycles. The van der Waals surface area contributed by atoms with E-state index in [0.717, 1.165) is 12.8 Å². The fourth-order valence-corrected chi connectivity index (χ4v) is 4.69. The molecule has 2 N–H and O–H groups in total. The third-order valence-electron chi connectivity index (χ3n) is 3.79. The van der Waals surface area contributed by atoms with E-state index >= 15 is 0 Å². The van der Waals surface area contributed by atoms with E-state index in [0.29, 0.717) is 28.9 Å². The Morgan fingerprint density at radius 1 is 1.30 bits per heavy atom. The third-order valence-corrected chi connectivity index (χ3v) is 5.80. The maximum atomic E-state index is 12.9. The highest BCUT2D eigenvalue weighted by molar-refractivity contribution is 7.89. The van der Waals surface area contributed by atoms with Crippen molar-refractivity contribution < 1.29 is 8.42 Å². The molecule has 1 aliphatic rings. The molecule has 0 saturated carbocycles. The molecule has 1 atom stereocenters. The summed E-state index contributed by atoms with van der Waals surface area (Å²) in [5.41, 5.74) is 6.38. The number of benzene rings is 1. The second-order valence-electron chi connectivity index (χ2n) is 4.97. The Morgan fingerprint density at radius 2 is 2.15 bits per heavy atom. The Balaban J connectivity index is 2.14. The number of rotatable bonds is 3. The average Bonchev–Trinajstić information content (AvgIpc) is 2.96. The zero-order valence-corrected chi connectivity index (χ0v) is 11.9. The Morgan fingerprint density at radius 3 is 2.95 bits per heavy atom. The van der Waals surface area contributed by atoms with E-state index in [9.17, 15) is 8.42 Å². The van der Waals surface area contributed by atoms with Crippen LogP contribution in [0.15, 0.2) is 41.4 Å². The molecule has 5 nitrogen and oxygen atoms in total. The molecule has 1 aromatic heterocycles. The van der Waals surface area contributed by atoms with Crippen LogP contribution >= 0.6 is 0 Å². The molecular formula is C14H17N3O2S. The van der Waals surface area contributed by atoms with E-state index in [1.807, 2.05) is 6.07 Å². The summed E-state index contributed by atoms with van der Waals surface area (Å²) in [5.74, 6) is 0. The van der Waals surface area contributed by atoms with Gasteiger partial charge in [-0.25, -0.2) is 8.42 Å². The summed E-state index contributed by atoms with van der Waals surface area (Å²) in [4.78, 5) is 4.54. The Bertz CT molecular complexity index is 725. The number of nitrogens with two attached hydrogens (primary N) is 1. The molecular weight excluding hydrogens is 274 g/mol.